The van der Waals surface area contributed by atoms with Crippen molar-refractivity contribution in [1.29, 1.82) is 0 Å². The lowest BCUT2D eigenvalue weighted by Crippen LogP contribution is -2.49. The van der Waals surface area contributed by atoms with Gasteiger partial charge in [0.1, 0.15) is 5.54 Å². The van der Waals surface area contributed by atoms with Crippen LogP contribution in [0.15, 0.2) is 18.6 Å². The Kier molecular flexibility index (Phi) is 4.22. The fourth-order valence-electron chi connectivity index (χ4n) is 3.01. The summed E-state index contributed by atoms with van der Waals surface area (Å²) in [4.78, 5) is 31.3. The number of rotatable bonds is 5. The van der Waals surface area contributed by atoms with Gasteiger partial charge >= 0.3 is 11.9 Å². The van der Waals surface area contributed by atoms with Crippen LogP contribution in [0.4, 0.5) is 0 Å². The van der Waals surface area contributed by atoms with E-state index < -0.39 is 29.4 Å². The third-order valence-corrected chi connectivity index (χ3v) is 3.79. The summed E-state index contributed by atoms with van der Waals surface area (Å²) in [7, 11) is 0. The normalized spacial score (nSPS) is 28.7. The highest BCUT2D eigenvalue weighted by molar-refractivity contribution is 5.82. The topological polar surface area (TPSA) is 112 Å². The summed E-state index contributed by atoms with van der Waals surface area (Å²) in [5, 5.41) is 22.0. The molecule has 0 spiro atoms. The Bertz CT molecular complexity index is 534. The van der Waals surface area contributed by atoms with Crippen molar-refractivity contribution in [2.24, 2.45) is 11.8 Å². The molecule has 7 nitrogen and oxygen atoms in total. The monoisotopic (exact) mass is 293 g/mol. The van der Waals surface area contributed by atoms with Crippen molar-refractivity contribution in [2.45, 2.75) is 38.3 Å². The molecular formula is C14H19N3O4. The number of carbonyl (C=O) groups is 2. The van der Waals surface area contributed by atoms with Crippen LogP contribution in [-0.2, 0) is 9.59 Å². The van der Waals surface area contributed by atoms with E-state index in [9.17, 15) is 19.8 Å². The van der Waals surface area contributed by atoms with E-state index in [0.29, 0.717) is 12.1 Å². The molecule has 2 heterocycles. The molecule has 0 bridgehead atoms. The van der Waals surface area contributed by atoms with Gasteiger partial charge in [0.25, 0.3) is 0 Å². The van der Waals surface area contributed by atoms with Crippen LogP contribution in [0.1, 0.15) is 38.4 Å². The van der Waals surface area contributed by atoms with Crippen LogP contribution in [0.25, 0.3) is 0 Å². The highest BCUT2D eigenvalue weighted by Gasteiger charge is 2.53. The van der Waals surface area contributed by atoms with Crippen LogP contribution in [0.5, 0.6) is 0 Å². The molecule has 0 amide bonds. The summed E-state index contributed by atoms with van der Waals surface area (Å²) in [6, 6.07) is -0.647. The van der Waals surface area contributed by atoms with Gasteiger partial charge in [-0.25, -0.2) is 0 Å². The van der Waals surface area contributed by atoms with E-state index >= 15 is 0 Å². The molecule has 3 atom stereocenters. The molecule has 1 aromatic heterocycles. The molecule has 0 aliphatic carbocycles. The zero-order valence-corrected chi connectivity index (χ0v) is 12.0. The minimum Gasteiger partial charge on any atom is -0.481 e. The first kappa shape index (κ1) is 15.4. The summed E-state index contributed by atoms with van der Waals surface area (Å²) < 4.78 is 0. The van der Waals surface area contributed by atoms with E-state index in [1.165, 1.54) is 18.6 Å². The van der Waals surface area contributed by atoms with E-state index in [-0.39, 0.29) is 12.3 Å². The fraction of sp³-hybridized carbons (Fsp3) is 0.571. The molecule has 1 aliphatic heterocycles. The van der Waals surface area contributed by atoms with Crippen LogP contribution >= 0.6 is 0 Å². The maximum atomic E-state index is 11.7. The molecule has 1 fully saturated rings. The molecule has 114 valence electrons. The van der Waals surface area contributed by atoms with Crippen molar-refractivity contribution < 1.29 is 19.8 Å². The highest BCUT2D eigenvalue weighted by Crippen LogP contribution is 2.40. The Morgan fingerprint density at radius 2 is 2.14 bits per heavy atom. The quantitative estimate of drug-likeness (QED) is 0.744. The van der Waals surface area contributed by atoms with Gasteiger partial charge in [-0.3, -0.25) is 24.9 Å². The van der Waals surface area contributed by atoms with Crippen LogP contribution < -0.4 is 5.32 Å². The molecule has 1 aliphatic rings. The van der Waals surface area contributed by atoms with Crippen molar-refractivity contribution in [3.8, 4) is 0 Å². The molecule has 1 saturated heterocycles. The predicted molar refractivity (Wildman–Crippen MR) is 73.5 cm³/mol. The minimum absolute atomic E-state index is 0.0388. The van der Waals surface area contributed by atoms with Gasteiger partial charge in [-0.2, -0.15) is 0 Å². The molecule has 0 aromatic carbocycles. The highest BCUT2D eigenvalue weighted by atomic mass is 16.4. The fourth-order valence-corrected chi connectivity index (χ4v) is 3.01. The molecule has 0 radical (unpaired) electrons. The number of nitrogens with zero attached hydrogens (tertiary/aromatic N) is 2. The Morgan fingerprint density at radius 1 is 1.43 bits per heavy atom. The maximum Gasteiger partial charge on any atom is 0.323 e. The van der Waals surface area contributed by atoms with Crippen molar-refractivity contribution in [2.75, 3.05) is 0 Å². The SMILES string of the molecule is CC(C)C[C@@]1(C(=O)O)C[C@H](C(=O)O)[C@H](c2cnccn2)N1. The van der Waals surface area contributed by atoms with E-state index in [1.54, 1.807) is 0 Å². The van der Waals surface area contributed by atoms with Crippen molar-refractivity contribution in [3.63, 3.8) is 0 Å². The van der Waals surface area contributed by atoms with Crippen molar-refractivity contribution in [1.82, 2.24) is 15.3 Å². The van der Waals surface area contributed by atoms with Gasteiger partial charge in [0.2, 0.25) is 0 Å². The number of aliphatic carboxylic acids is 2. The average molecular weight is 293 g/mol. The number of carboxylic acid groups (broad SMARTS) is 2. The summed E-state index contributed by atoms with van der Waals surface area (Å²) in [5.41, 5.74) is -0.781. The number of nitrogens with one attached hydrogen (secondary N) is 1. The number of aromatic nitrogens is 2. The lowest BCUT2D eigenvalue weighted by Gasteiger charge is -2.27. The van der Waals surface area contributed by atoms with Gasteiger partial charge in [0, 0.05) is 18.6 Å². The Hall–Kier alpha value is -2.02. The van der Waals surface area contributed by atoms with E-state index in [2.05, 4.69) is 15.3 Å². The van der Waals surface area contributed by atoms with Gasteiger partial charge < -0.3 is 10.2 Å². The second-order valence-corrected chi connectivity index (χ2v) is 5.89. The standard InChI is InChI=1S/C14H19N3O4/c1-8(2)5-14(13(20)21)6-9(12(18)19)11(17-14)10-7-15-3-4-16-10/h3-4,7-9,11,17H,5-6H2,1-2H3,(H,18,19)(H,20,21)/t9-,11+,14-/m0/s1. The van der Waals surface area contributed by atoms with Crippen LogP contribution in [0, 0.1) is 11.8 Å². The predicted octanol–water partition coefficient (Wildman–Crippen LogP) is 1.08. The Balaban J connectivity index is 2.37. The second kappa shape index (κ2) is 5.77. The van der Waals surface area contributed by atoms with Crippen molar-refractivity contribution >= 4 is 11.9 Å². The lowest BCUT2D eigenvalue weighted by atomic mass is 9.84. The van der Waals surface area contributed by atoms with Gasteiger partial charge in [0.15, 0.2) is 0 Å². The van der Waals surface area contributed by atoms with Crippen LogP contribution in [0.2, 0.25) is 0 Å². The minimum atomic E-state index is -1.24. The number of carboxylic acids is 2. The Labute approximate surface area is 122 Å². The van der Waals surface area contributed by atoms with Crippen LogP contribution in [-0.4, -0.2) is 37.7 Å². The zero-order valence-electron chi connectivity index (χ0n) is 12.0. The third-order valence-electron chi connectivity index (χ3n) is 3.79. The molecule has 1 aromatic rings. The molecule has 0 unspecified atom stereocenters. The largest absolute Gasteiger partial charge is 0.481 e. The van der Waals surface area contributed by atoms with Crippen molar-refractivity contribution in [3.05, 3.63) is 24.3 Å². The molecule has 2 rings (SSSR count). The van der Waals surface area contributed by atoms with E-state index in [4.69, 9.17) is 0 Å². The average Bonchev–Trinajstić information content (AvgIpc) is 2.80. The number of hydrogen-bond acceptors (Lipinski definition) is 5. The molecular weight excluding hydrogens is 274 g/mol. The van der Waals surface area contributed by atoms with E-state index in [1.807, 2.05) is 13.8 Å². The van der Waals surface area contributed by atoms with E-state index in [0.717, 1.165) is 0 Å². The zero-order chi connectivity index (χ0) is 15.6. The van der Waals surface area contributed by atoms with Gasteiger partial charge in [0.05, 0.1) is 17.7 Å². The van der Waals surface area contributed by atoms with Crippen LogP contribution in [0.3, 0.4) is 0 Å². The molecule has 7 heteroatoms. The first-order chi connectivity index (χ1) is 9.85. The second-order valence-electron chi connectivity index (χ2n) is 5.89. The summed E-state index contributed by atoms with van der Waals surface area (Å²) in [6.45, 7) is 3.83. The molecule has 0 saturated carbocycles. The molecule has 21 heavy (non-hydrogen) atoms. The third kappa shape index (κ3) is 3.02. The Morgan fingerprint density at radius 3 is 2.62 bits per heavy atom. The lowest BCUT2D eigenvalue weighted by molar-refractivity contribution is -0.145. The summed E-state index contributed by atoms with van der Waals surface area (Å²) in [6.07, 6.45) is 4.84. The van der Waals surface area contributed by atoms with Gasteiger partial charge in [-0.1, -0.05) is 13.8 Å². The first-order valence-electron chi connectivity index (χ1n) is 6.85. The number of hydrogen-bond donors (Lipinski definition) is 3. The summed E-state index contributed by atoms with van der Waals surface area (Å²) in [5.74, 6) is -2.75. The van der Waals surface area contributed by atoms with Gasteiger partial charge in [-0.15, -0.1) is 0 Å². The van der Waals surface area contributed by atoms with Gasteiger partial charge in [-0.05, 0) is 18.8 Å². The smallest absolute Gasteiger partial charge is 0.323 e. The summed E-state index contributed by atoms with van der Waals surface area (Å²) >= 11 is 0. The maximum absolute atomic E-state index is 11.7. The first-order valence-corrected chi connectivity index (χ1v) is 6.85. The molecule has 3 N–H and O–H groups in total.